The van der Waals surface area contributed by atoms with Gasteiger partial charge in [0.15, 0.2) is 0 Å². The van der Waals surface area contributed by atoms with Crippen LogP contribution in [0.4, 0.5) is 5.82 Å². The van der Waals surface area contributed by atoms with Gasteiger partial charge in [0.25, 0.3) is 0 Å². The lowest BCUT2D eigenvalue weighted by Crippen LogP contribution is -2.48. The fourth-order valence-electron chi connectivity index (χ4n) is 2.76. The third kappa shape index (κ3) is 3.95. The Kier molecular flexibility index (Phi) is 4.84. The summed E-state index contributed by atoms with van der Waals surface area (Å²) in [4.78, 5) is 29.2. The van der Waals surface area contributed by atoms with Crippen molar-refractivity contribution >= 4 is 17.8 Å². The van der Waals surface area contributed by atoms with E-state index in [1.165, 1.54) is 0 Å². The molecule has 0 N–H and O–H groups in total. The van der Waals surface area contributed by atoms with E-state index in [0.717, 1.165) is 36.0 Å². The fraction of sp³-hybridized carbons (Fsp3) is 0.333. The molecule has 0 atom stereocenters. The number of piperazine rings is 1. The lowest BCUT2D eigenvalue weighted by molar-refractivity contribution is -0.126. The van der Waals surface area contributed by atoms with E-state index in [4.69, 9.17) is 0 Å². The first-order chi connectivity index (χ1) is 11.6. The first-order valence-electron chi connectivity index (χ1n) is 8.06. The predicted octanol–water partition coefficient (Wildman–Crippen LogP) is 1.85. The maximum absolute atomic E-state index is 12.3. The smallest absolute Gasteiger partial charge is 0.246 e. The summed E-state index contributed by atoms with van der Waals surface area (Å²) in [5, 5.41) is 0. The molecule has 0 bridgehead atoms. The zero-order chi connectivity index (χ0) is 16.9. The summed E-state index contributed by atoms with van der Waals surface area (Å²) in [5.74, 6) is 1.76. The topological polar surface area (TPSA) is 62.2 Å². The van der Waals surface area contributed by atoms with Crippen LogP contribution in [0.3, 0.4) is 0 Å². The van der Waals surface area contributed by atoms with Crippen LogP contribution in [0.1, 0.15) is 17.1 Å². The zero-order valence-electron chi connectivity index (χ0n) is 14.0. The molecule has 0 aliphatic carbocycles. The van der Waals surface area contributed by atoms with Crippen LogP contribution in [0.25, 0.3) is 6.08 Å². The molecule has 1 aliphatic rings. The second-order valence-electron chi connectivity index (χ2n) is 5.85. The van der Waals surface area contributed by atoms with Gasteiger partial charge in [0, 0.05) is 56.4 Å². The Labute approximate surface area is 141 Å². The van der Waals surface area contributed by atoms with Crippen molar-refractivity contribution in [2.24, 2.45) is 0 Å². The van der Waals surface area contributed by atoms with Gasteiger partial charge in [-0.15, -0.1) is 0 Å². The van der Waals surface area contributed by atoms with E-state index in [1.54, 1.807) is 24.5 Å². The average molecular weight is 323 g/mol. The summed E-state index contributed by atoms with van der Waals surface area (Å²) in [7, 11) is 0. The van der Waals surface area contributed by atoms with Crippen LogP contribution in [0.15, 0.2) is 36.7 Å². The van der Waals surface area contributed by atoms with Gasteiger partial charge in [0.2, 0.25) is 5.91 Å². The molecule has 0 radical (unpaired) electrons. The number of amides is 1. The standard InChI is InChI=1S/C18H21N5O/c1-14-12-17(21-15(2)20-14)22-8-10-23(11-9-22)18(24)6-5-16-4-3-7-19-13-16/h3-7,12-13H,8-11H2,1-2H3. The zero-order valence-corrected chi connectivity index (χ0v) is 14.0. The van der Waals surface area contributed by atoms with Crippen molar-refractivity contribution in [1.82, 2.24) is 19.9 Å². The number of anilines is 1. The van der Waals surface area contributed by atoms with Gasteiger partial charge >= 0.3 is 0 Å². The van der Waals surface area contributed by atoms with Gasteiger partial charge in [-0.05, 0) is 31.6 Å². The minimum Gasteiger partial charge on any atom is -0.353 e. The number of nitrogens with zero attached hydrogens (tertiary/aromatic N) is 5. The van der Waals surface area contributed by atoms with Crippen LogP contribution < -0.4 is 4.90 Å². The molecule has 0 aromatic carbocycles. The van der Waals surface area contributed by atoms with Crippen LogP contribution in [0, 0.1) is 13.8 Å². The van der Waals surface area contributed by atoms with Crippen LogP contribution in [-0.4, -0.2) is 51.9 Å². The van der Waals surface area contributed by atoms with Gasteiger partial charge < -0.3 is 9.80 Å². The van der Waals surface area contributed by atoms with E-state index in [9.17, 15) is 4.79 Å². The Hall–Kier alpha value is -2.76. The van der Waals surface area contributed by atoms with Gasteiger partial charge in [-0.3, -0.25) is 9.78 Å². The average Bonchev–Trinajstić information content (AvgIpc) is 2.60. The molecule has 6 heteroatoms. The van der Waals surface area contributed by atoms with E-state index in [1.807, 2.05) is 36.9 Å². The third-order valence-electron chi connectivity index (χ3n) is 3.97. The first kappa shape index (κ1) is 16.1. The second kappa shape index (κ2) is 7.21. The molecule has 1 aliphatic heterocycles. The number of rotatable bonds is 3. The van der Waals surface area contributed by atoms with Gasteiger partial charge in [-0.2, -0.15) is 0 Å². The maximum Gasteiger partial charge on any atom is 0.246 e. The minimum absolute atomic E-state index is 0.0357. The molecule has 0 unspecified atom stereocenters. The Morgan fingerprint density at radius 1 is 1.17 bits per heavy atom. The maximum atomic E-state index is 12.3. The second-order valence-corrected chi connectivity index (χ2v) is 5.85. The van der Waals surface area contributed by atoms with E-state index >= 15 is 0 Å². The molecule has 3 rings (SSSR count). The third-order valence-corrected chi connectivity index (χ3v) is 3.97. The quantitative estimate of drug-likeness (QED) is 0.807. The van der Waals surface area contributed by atoms with E-state index in [0.29, 0.717) is 13.1 Å². The molecule has 0 saturated carbocycles. The highest BCUT2D eigenvalue weighted by Gasteiger charge is 2.20. The van der Waals surface area contributed by atoms with Crippen molar-refractivity contribution < 1.29 is 4.79 Å². The van der Waals surface area contributed by atoms with Gasteiger partial charge in [0.05, 0.1) is 0 Å². The number of hydrogen-bond acceptors (Lipinski definition) is 5. The van der Waals surface area contributed by atoms with E-state index < -0.39 is 0 Å². The Morgan fingerprint density at radius 2 is 1.96 bits per heavy atom. The minimum atomic E-state index is 0.0357. The number of aromatic nitrogens is 3. The van der Waals surface area contributed by atoms with Crippen molar-refractivity contribution in [3.63, 3.8) is 0 Å². The van der Waals surface area contributed by atoms with Crippen molar-refractivity contribution in [1.29, 1.82) is 0 Å². The Morgan fingerprint density at radius 3 is 2.62 bits per heavy atom. The molecule has 0 spiro atoms. The van der Waals surface area contributed by atoms with Crippen molar-refractivity contribution in [2.45, 2.75) is 13.8 Å². The summed E-state index contributed by atoms with van der Waals surface area (Å²) in [5.41, 5.74) is 1.90. The van der Waals surface area contributed by atoms with Gasteiger partial charge in [0.1, 0.15) is 11.6 Å². The number of pyridine rings is 1. The molecule has 2 aromatic rings. The highest BCUT2D eigenvalue weighted by Crippen LogP contribution is 2.15. The molecule has 24 heavy (non-hydrogen) atoms. The summed E-state index contributed by atoms with van der Waals surface area (Å²) in [6, 6.07) is 5.77. The van der Waals surface area contributed by atoms with Crippen molar-refractivity contribution in [3.05, 3.63) is 53.8 Å². The van der Waals surface area contributed by atoms with Gasteiger partial charge in [-0.1, -0.05) is 6.07 Å². The number of carbonyl (C=O) groups is 1. The monoisotopic (exact) mass is 323 g/mol. The summed E-state index contributed by atoms with van der Waals surface area (Å²) >= 11 is 0. The number of carbonyl (C=O) groups excluding carboxylic acids is 1. The molecule has 3 heterocycles. The largest absolute Gasteiger partial charge is 0.353 e. The van der Waals surface area contributed by atoms with Crippen LogP contribution in [0.5, 0.6) is 0 Å². The Bertz CT molecular complexity index is 716. The number of hydrogen-bond donors (Lipinski definition) is 0. The number of aryl methyl sites for hydroxylation is 2. The molecule has 124 valence electrons. The fourth-order valence-corrected chi connectivity index (χ4v) is 2.76. The predicted molar refractivity (Wildman–Crippen MR) is 93.6 cm³/mol. The lowest BCUT2D eigenvalue weighted by atomic mass is 10.2. The first-order valence-corrected chi connectivity index (χ1v) is 8.06. The summed E-state index contributed by atoms with van der Waals surface area (Å²) in [6.07, 6.45) is 6.88. The summed E-state index contributed by atoms with van der Waals surface area (Å²) in [6.45, 7) is 6.82. The lowest BCUT2D eigenvalue weighted by Gasteiger charge is -2.35. The Balaban J connectivity index is 1.58. The van der Waals surface area contributed by atoms with Crippen LogP contribution in [-0.2, 0) is 4.79 Å². The molecule has 1 fully saturated rings. The van der Waals surface area contributed by atoms with Crippen LogP contribution >= 0.6 is 0 Å². The molecular weight excluding hydrogens is 302 g/mol. The van der Waals surface area contributed by atoms with Crippen molar-refractivity contribution in [3.8, 4) is 0 Å². The molecule has 2 aromatic heterocycles. The van der Waals surface area contributed by atoms with Gasteiger partial charge in [-0.25, -0.2) is 9.97 Å². The van der Waals surface area contributed by atoms with E-state index in [-0.39, 0.29) is 5.91 Å². The van der Waals surface area contributed by atoms with E-state index in [2.05, 4.69) is 19.9 Å². The SMILES string of the molecule is Cc1cc(N2CCN(C(=O)C=Cc3cccnc3)CC2)nc(C)n1. The normalized spacial score (nSPS) is 15.1. The van der Waals surface area contributed by atoms with Crippen molar-refractivity contribution in [2.75, 3.05) is 31.1 Å². The highest BCUT2D eigenvalue weighted by molar-refractivity contribution is 5.91. The van der Waals surface area contributed by atoms with Crippen LogP contribution in [0.2, 0.25) is 0 Å². The molecule has 1 saturated heterocycles. The highest BCUT2D eigenvalue weighted by atomic mass is 16.2. The molecule has 6 nitrogen and oxygen atoms in total. The molecule has 1 amide bonds. The summed E-state index contributed by atoms with van der Waals surface area (Å²) < 4.78 is 0. The molecular formula is C18H21N5O.